The van der Waals surface area contributed by atoms with Crippen LogP contribution in [0.1, 0.15) is 45.4 Å². The van der Waals surface area contributed by atoms with E-state index in [1.54, 1.807) is 0 Å². The lowest BCUT2D eigenvalue weighted by Gasteiger charge is -2.21. The maximum atomic E-state index is 5.65. The monoisotopic (exact) mass is 264 g/mol. The summed E-state index contributed by atoms with van der Waals surface area (Å²) in [5.74, 6) is 2.92. The molecule has 0 spiro atoms. The van der Waals surface area contributed by atoms with E-state index >= 15 is 0 Å². The molecule has 1 N–H and O–H groups in total. The molecule has 3 heteroatoms. The van der Waals surface area contributed by atoms with Crippen LogP contribution < -0.4 is 5.32 Å². The van der Waals surface area contributed by atoms with Crippen molar-refractivity contribution < 1.29 is 4.42 Å². The Kier molecular flexibility index (Phi) is 4.36. The Hall–Kier alpha value is -0.800. The molecule has 1 heterocycles. The van der Waals surface area contributed by atoms with Crippen LogP contribution in [-0.4, -0.2) is 24.0 Å². The van der Waals surface area contributed by atoms with Crippen molar-refractivity contribution in [3.63, 3.8) is 0 Å². The van der Waals surface area contributed by atoms with E-state index in [0.29, 0.717) is 0 Å². The van der Waals surface area contributed by atoms with Crippen LogP contribution in [0.15, 0.2) is 16.7 Å². The average molecular weight is 264 g/mol. The van der Waals surface area contributed by atoms with Gasteiger partial charge in [0.25, 0.3) is 0 Å². The molecule has 2 atom stereocenters. The lowest BCUT2D eigenvalue weighted by molar-refractivity contribution is 0.277. The van der Waals surface area contributed by atoms with Crippen LogP contribution in [0.2, 0.25) is 0 Å². The zero-order valence-corrected chi connectivity index (χ0v) is 13.0. The van der Waals surface area contributed by atoms with Gasteiger partial charge in [-0.05, 0) is 52.1 Å². The van der Waals surface area contributed by atoms with E-state index in [0.717, 1.165) is 30.7 Å². The van der Waals surface area contributed by atoms with Crippen LogP contribution in [0.3, 0.4) is 0 Å². The summed E-state index contributed by atoms with van der Waals surface area (Å²) in [5, 5.41) is 3.52. The van der Waals surface area contributed by atoms with Gasteiger partial charge in [-0.1, -0.05) is 6.92 Å². The first-order valence-corrected chi connectivity index (χ1v) is 7.34. The van der Waals surface area contributed by atoms with Crippen LogP contribution in [0.25, 0.3) is 0 Å². The zero-order chi connectivity index (χ0) is 14.0. The van der Waals surface area contributed by atoms with E-state index in [1.165, 1.54) is 18.5 Å². The molecule has 2 rings (SSSR count). The largest absolute Gasteiger partial charge is 0.468 e. The molecule has 1 saturated carbocycles. The maximum Gasteiger partial charge on any atom is 0.122 e. The highest BCUT2D eigenvalue weighted by molar-refractivity contribution is 5.17. The van der Waals surface area contributed by atoms with E-state index in [2.05, 4.69) is 51.0 Å². The third-order valence-corrected chi connectivity index (χ3v) is 3.88. The Morgan fingerprint density at radius 1 is 1.42 bits per heavy atom. The lowest BCUT2D eigenvalue weighted by Crippen LogP contribution is -2.35. The Bertz CT molecular complexity index is 405. The molecule has 1 aromatic rings. The first-order chi connectivity index (χ1) is 8.85. The van der Waals surface area contributed by atoms with E-state index in [4.69, 9.17) is 4.42 Å². The molecule has 0 radical (unpaired) electrons. The zero-order valence-electron chi connectivity index (χ0n) is 13.0. The summed E-state index contributed by atoms with van der Waals surface area (Å²) < 4.78 is 5.65. The number of hydrogen-bond donors (Lipinski definition) is 1. The fourth-order valence-electron chi connectivity index (χ4n) is 2.39. The molecule has 0 bridgehead atoms. The van der Waals surface area contributed by atoms with Crippen LogP contribution >= 0.6 is 0 Å². The molecule has 3 nitrogen and oxygen atoms in total. The molecule has 108 valence electrons. The SMILES string of the molecule is CC1CC1CN(C)Cc1occc1CNC(C)(C)C. The highest BCUT2D eigenvalue weighted by Gasteiger charge is 2.33. The van der Waals surface area contributed by atoms with Gasteiger partial charge in [-0.2, -0.15) is 0 Å². The van der Waals surface area contributed by atoms with Gasteiger partial charge in [0.05, 0.1) is 12.8 Å². The van der Waals surface area contributed by atoms with Crippen molar-refractivity contribution in [2.24, 2.45) is 11.8 Å². The average Bonchev–Trinajstić information content (AvgIpc) is 2.80. The van der Waals surface area contributed by atoms with Gasteiger partial charge in [-0.3, -0.25) is 4.90 Å². The molecular weight excluding hydrogens is 236 g/mol. The summed E-state index contributed by atoms with van der Waals surface area (Å²) in [7, 11) is 2.19. The molecule has 0 aromatic carbocycles. The molecule has 0 amide bonds. The van der Waals surface area contributed by atoms with Gasteiger partial charge < -0.3 is 9.73 Å². The molecule has 1 aliphatic carbocycles. The molecule has 2 unspecified atom stereocenters. The predicted molar refractivity (Wildman–Crippen MR) is 78.9 cm³/mol. The van der Waals surface area contributed by atoms with Gasteiger partial charge in [-0.15, -0.1) is 0 Å². The third-order valence-electron chi connectivity index (χ3n) is 3.88. The van der Waals surface area contributed by atoms with E-state index in [9.17, 15) is 0 Å². The molecule has 1 fully saturated rings. The fourth-order valence-corrected chi connectivity index (χ4v) is 2.39. The Morgan fingerprint density at radius 3 is 2.68 bits per heavy atom. The molecule has 0 saturated heterocycles. The molecule has 1 aliphatic rings. The molecule has 19 heavy (non-hydrogen) atoms. The first kappa shape index (κ1) is 14.6. The summed E-state index contributed by atoms with van der Waals surface area (Å²) in [5.41, 5.74) is 1.43. The smallest absolute Gasteiger partial charge is 0.122 e. The minimum atomic E-state index is 0.143. The highest BCUT2D eigenvalue weighted by atomic mass is 16.3. The number of nitrogens with zero attached hydrogens (tertiary/aromatic N) is 1. The van der Waals surface area contributed by atoms with Crippen molar-refractivity contribution in [2.45, 2.75) is 52.7 Å². The number of furan rings is 1. The second kappa shape index (κ2) is 5.68. The summed E-state index contributed by atoms with van der Waals surface area (Å²) in [6.45, 7) is 11.9. The van der Waals surface area contributed by atoms with E-state index in [-0.39, 0.29) is 5.54 Å². The normalized spacial score (nSPS) is 23.1. The van der Waals surface area contributed by atoms with E-state index < -0.39 is 0 Å². The lowest BCUT2D eigenvalue weighted by atomic mass is 10.1. The quantitative estimate of drug-likeness (QED) is 0.855. The van der Waals surface area contributed by atoms with Crippen molar-refractivity contribution in [3.05, 3.63) is 23.7 Å². The van der Waals surface area contributed by atoms with Gasteiger partial charge in [0, 0.05) is 24.2 Å². The highest BCUT2D eigenvalue weighted by Crippen LogP contribution is 2.38. The third kappa shape index (κ3) is 4.66. The minimum Gasteiger partial charge on any atom is -0.468 e. The second-order valence-corrected chi connectivity index (χ2v) is 7.14. The van der Waals surface area contributed by atoms with Crippen LogP contribution in [0.5, 0.6) is 0 Å². The topological polar surface area (TPSA) is 28.4 Å². The van der Waals surface area contributed by atoms with Crippen molar-refractivity contribution in [3.8, 4) is 0 Å². The van der Waals surface area contributed by atoms with Crippen molar-refractivity contribution in [1.29, 1.82) is 0 Å². The maximum absolute atomic E-state index is 5.65. The Morgan fingerprint density at radius 2 is 2.11 bits per heavy atom. The molecule has 0 aliphatic heterocycles. The van der Waals surface area contributed by atoms with Crippen LogP contribution in [0.4, 0.5) is 0 Å². The second-order valence-electron chi connectivity index (χ2n) is 7.14. The summed E-state index contributed by atoms with van der Waals surface area (Å²) in [4.78, 5) is 2.38. The number of nitrogens with one attached hydrogen (secondary N) is 1. The molecule has 1 aromatic heterocycles. The molecular formula is C16H28N2O. The van der Waals surface area contributed by atoms with Crippen LogP contribution in [-0.2, 0) is 13.1 Å². The van der Waals surface area contributed by atoms with Gasteiger partial charge >= 0.3 is 0 Å². The fraction of sp³-hybridized carbons (Fsp3) is 0.750. The predicted octanol–water partition coefficient (Wildman–Crippen LogP) is 3.26. The Labute approximate surface area is 117 Å². The van der Waals surface area contributed by atoms with Crippen molar-refractivity contribution >= 4 is 0 Å². The van der Waals surface area contributed by atoms with Gasteiger partial charge in [0.15, 0.2) is 0 Å². The summed E-state index contributed by atoms with van der Waals surface area (Å²) >= 11 is 0. The summed E-state index contributed by atoms with van der Waals surface area (Å²) in [6, 6.07) is 2.08. The minimum absolute atomic E-state index is 0.143. The van der Waals surface area contributed by atoms with Crippen molar-refractivity contribution in [2.75, 3.05) is 13.6 Å². The summed E-state index contributed by atoms with van der Waals surface area (Å²) in [6.07, 6.45) is 3.20. The first-order valence-electron chi connectivity index (χ1n) is 7.34. The van der Waals surface area contributed by atoms with E-state index in [1.807, 2.05) is 6.26 Å². The van der Waals surface area contributed by atoms with Gasteiger partial charge in [-0.25, -0.2) is 0 Å². The Balaban J connectivity index is 1.84. The number of hydrogen-bond acceptors (Lipinski definition) is 3. The number of rotatable bonds is 6. The van der Waals surface area contributed by atoms with Crippen LogP contribution in [0, 0.1) is 11.8 Å². The van der Waals surface area contributed by atoms with Gasteiger partial charge in [0.1, 0.15) is 5.76 Å². The standard InChI is InChI=1S/C16H28N2O/c1-12-8-14(12)10-18(5)11-15-13(6-7-19-15)9-17-16(2,3)4/h6-7,12,14,17H,8-11H2,1-5H3. The van der Waals surface area contributed by atoms with Crippen molar-refractivity contribution in [1.82, 2.24) is 10.2 Å². The van der Waals surface area contributed by atoms with Gasteiger partial charge in [0.2, 0.25) is 0 Å².